The zero-order chi connectivity index (χ0) is 13.6. The molecule has 1 aliphatic carbocycles. The summed E-state index contributed by atoms with van der Waals surface area (Å²) < 4.78 is 25.4. The van der Waals surface area contributed by atoms with Crippen LogP contribution in [0.5, 0.6) is 0 Å². The fourth-order valence-electron chi connectivity index (χ4n) is 3.55. The molecule has 2 aliphatic rings. The number of aryl methyl sites for hydroxylation is 1. The zero-order valence-electron chi connectivity index (χ0n) is 11.3. The Hall–Kier alpha value is -0.810. The molecule has 0 saturated carbocycles. The molecule has 19 heavy (non-hydrogen) atoms. The number of rotatable bonds is 1. The minimum atomic E-state index is -2.81. The molecule has 4 nitrogen and oxygen atoms in total. The molecule has 1 fully saturated rings. The third-order valence-electron chi connectivity index (χ3n) is 4.51. The van der Waals surface area contributed by atoms with Crippen molar-refractivity contribution in [3.05, 3.63) is 23.0 Å². The van der Waals surface area contributed by atoms with E-state index in [9.17, 15) is 13.5 Å². The molecule has 0 amide bonds. The van der Waals surface area contributed by atoms with Gasteiger partial charge in [-0.15, -0.1) is 0 Å². The minimum absolute atomic E-state index is 0.289. The number of fused-ring (bicyclic) bond motifs is 1. The van der Waals surface area contributed by atoms with Gasteiger partial charge in [-0.3, -0.25) is 0 Å². The second-order valence-electron chi connectivity index (χ2n) is 5.85. The van der Waals surface area contributed by atoms with Crippen molar-refractivity contribution >= 4 is 9.84 Å². The first kappa shape index (κ1) is 13.2. The van der Waals surface area contributed by atoms with Crippen molar-refractivity contribution < 1.29 is 13.5 Å². The van der Waals surface area contributed by atoms with Gasteiger partial charge in [0.05, 0.1) is 17.6 Å². The second-order valence-corrected chi connectivity index (χ2v) is 8.15. The van der Waals surface area contributed by atoms with Crippen molar-refractivity contribution in [2.24, 2.45) is 0 Å². The Morgan fingerprint density at radius 3 is 2.63 bits per heavy atom. The minimum Gasteiger partial charge on any atom is -0.388 e. The Balaban J connectivity index is 1.93. The zero-order valence-corrected chi connectivity index (χ0v) is 12.1. The predicted octanol–water partition coefficient (Wildman–Crippen LogP) is 1.92. The van der Waals surface area contributed by atoms with E-state index in [1.165, 1.54) is 5.69 Å². The molecule has 3 rings (SSSR count). The lowest BCUT2D eigenvalue weighted by molar-refractivity contribution is 0.155. The third-order valence-corrected chi connectivity index (χ3v) is 6.22. The number of nitrogens with zero attached hydrogens (tertiary/aromatic N) is 1. The lowest BCUT2D eigenvalue weighted by Crippen LogP contribution is -2.27. The van der Waals surface area contributed by atoms with Crippen LogP contribution < -0.4 is 0 Å². The van der Waals surface area contributed by atoms with E-state index in [-0.39, 0.29) is 12.1 Å². The van der Waals surface area contributed by atoms with Crippen molar-refractivity contribution in [1.29, 1.82) is 0 Å². The van der Waals surface area contributed by atoms with E-state index in [2.05, 4.69) is 17.6 Å². The quantitative estimate of drug-likeness (QED) is 0.856. The average Bonchev–Trinajstić information content (AvgIpc) is 2.68. The van der Waals surface area contributed by atoms with Crippen LogP contribution in [0.3, 0.4) is 0 Å². The predicted molar refractivity (Wildman–Crippen MR) is 74.0 cm³/mol. The molecule has 1 saturated heterocycles. The lowest BCUT2D eigenvalue weighted by Gasteiger charge is -2.29. The number of aromatic nitrogens is 1. The van der Waals surface area contributed by atoms with Crippen LogP contribution in [0, 0.1) is 6.92 Å². The SMILES string of the molecule is Cc1cc2c(n1C1CCS(=O)(=O)CC1)CCCC2O. The molecule has 5 heteroatoms. The van der Waals surface area contributed by atoms with E-state index in [1.54, 1.807) is 0 Å². The van der Waals surface area contributed by atoms with Crippen LogP contribution in [-0.2, 0) is 16.3 Å². The molecule has 106 valence electrons. The van der Waals surface area contributed by atoms with Gasteiger partial charge >= 0.3 is 0 Å². The van der Waals surface area contributed by atoms with Gasteiger partial charge in [0.1, 0.15) is 9.84 Å². The summed E-state index contributed by atoms with van der Waals surface area (Å²) in [4.78, 5) is 0. The van der Waals surface area contributed by atoms with E-state index in [1.807, 2.05) is 0 Å². The standard InChI is InChI=1S/C14H21NO3S/c1-10-9-12-13(3-2-4-14(12)16)15(10)11-5-7-19(17,18)8-6-11/h9,11,14,16H,2-8H2,1H3. The van der Waals surface area contributed by atoms with Gasteiger partial charge in [-0.1, -0.05) is 0 Å². The van der Waals surface area contributed by atoms with Gasteiger partial charge in [-0.25, -0.2) is 8.42 Å². The number of hydrogen-bond donors (Lipinski definition) is 1. The normalized spacial score (nSPS) is 27.2. The summed E-state index contributed by atoms with van der Waals surface area (Å²) in [5.41, 5.74) is 3.47. The summed E-state index contributed by atoms with van der Waals surface area (Å²) >= 11 is 0. The molecule has 2 heterocycles. The molecule has 1 aromatic heterocycles. The van der Waals surface area contributed by atoms with Gasteiger partial charge in [0.25, 0.3) is 0 Å². The molecule has 0 bridgehead atoms. The summed E-state index contributed by atoms with van der Waals surface area (Å²) in [7, 11) is -2.81. The van der Waals surface area contributed by atoms with Crippen LogP contribution in [0.2, 0.25) is 0 Å². The smallest absolute Gasteiger partial charge is 0.150 e. The Morgan fingerprint density at radius 1 is 1.26 bits per heavy atom. The van der Waals surface area contributed by atoms with Crippen LogP contribution in [0.4, 0.5) is 0 Å². The summed E-state index contributed by atoms with van der Waals surface area (Å²) in [5.74, 6) is 0.596. The summed E-state index contributed by atoms with van der Waals surface area (Å²) in [6, 6.07) is 2.38. The fourth-order valence-corrected chi connectivity index (χ4v) is 5.01. The molecule has 0 aromatic carbocycles. The van der Waals surface area contributed by atoms with E-state index < -0.39 is 9.84 Å². The number of aliphatic hydroxyl groups is 1. The number of hydrogen-bond acceptors (Lipinski definition) is 3. The summed E-state index contributed by atoms with van der Waals surface area (Å²) in [5, 5.41) is 10.1. The molecule has 0 spiro atoms. The Bertz CT molecular complexity index is 574. The van der Waals surface area contributed by atoms with Crippen LogP contribution in [0.25, 0.3) is 0 Å². The van der Waals surface area contributed by atoms with Gasteiger partial charge < -0.3 is 9.67 Å². The molecule has 1 aromatic rings. The highest BCUT2D eigenvalue weighted by Gasteiger charge is 2.30. The first-order valence-electron chi connectivity index (χ1n) is 7.07. The Kier molecular flexibility index (Phi) is 3.21. The van der Waals surface area contributed by atoms with E-state index in [0.717, 1.165) is 30.5 Å². The van der Waals surface area contributed by atoms with Crippen molar-refractivity contribution in [3.8, 4) is 0 Å². The average molecular weight is 283 g/mol. The monoisotopic (exact) mass is 283 g/mol. The lowest BCUT2D eigenvalue weighted by atomic mass is 9.95. The first-order chi connectivity index (χ1) is 8.98. The third kappa shape index (κ3) is 2.34. The van der Waals surface area contributed by atoms with Crippen molar-refractivity contribution in [2.75, 3.05) is 11.5 Å². The van der Waals surface area contributed by atoms with Crippen LogP contribution in [0.1, 0.15) is 54.8 Å². The highest BCUT2D eigenvalue weighted by atomic mass is 32.2. The maximum absolute atomic E-state index is 11.5. The number of sulfone groups is 1. The molecule has 1 unspecified atom stereocenters. The van der Waals surface area contributed by atoms with Crippen LogP contribution in [-0.4, -0.2) is 29.6 Å². The Labute approximate surface area is 114 Å². The first-order valence-corrected chi connectivity index (χ1v) is 8.89. The second kappa shape index (κ2) is 4.63. The topological polar surface area (TPSA) is 59.3 Å². The van der Waals surface area contributed by atoms with E-state index in [0.29, 0.717) is 24.3 Å². The van der Waals surface area contributed by atoms with E-state index >= 15 is 0 Å². The van der Waals surface area contributed by atoms with Gasteiger partial charge in [0, 0.05) is 23.0 Å². The Morgan fingerprint density at radius 2 is 1.95 bits per heavy atom. The van der Waals surface area contributed by atoms with Gasteiger partial charge in [0.2, 0.25) is 0 Å². The highest BCUT2D eigenvalue weighted by molar-refractivity contribution is 7.91. The van der Waals surface area contributed by atoms with Gasteiger partial charge in [-0.05, 0) is 45.1 Å². The van der Waals surface area contributed by atoms with Crippen LogP contribution >= 0.6 is 0 Å². The molecule has 1 aliphatic heterocycles. The largest absolute Gasteiger partial charge is 0.388 e. The molecular weight excluding hydrogens is 262 g/mol. The van der Waals surface area contributed by atoms with Gasteiger partial charge in [-0.2, -0.15) is 0 Å². The maximum atomic E-state index is 11.5. The fraction of sp³-hybridized carbons (Fsp3) is 0.714. The van der Waals surface area contributed by atoms with Gasteiger partial charge in [0.15, 0.2) is 0 Å². The summed E-state index contributed by atoms with van der Waals surface area (Å²) in [6.45, 7) is 2.06. The number of aliphatic hydroxyl groups excluding tert-OH is 1. The van der Waals surface area contributed by atoms with Crippen molar-refractivity contribution in [1.82, 2.24) is 4.57 Å². The van der Waals surface area contributed by atoms with Crippen molar-refractivity contribution in [3.63, 3.8) is 0 Å². The summed E-state index contributed by atoms with van der Waals surface area (Å²) in [6.07, 6.45) is 3.94. The molecule has 1 N–H and O–H groups in total. The molecule has 0 radical (unpaired) electrons. The van der Waals surface area contributed by atoms with Crippen LogP contribution in [0.15, 0.2) is 6.07 Å². The van der Waals surface area contributed by atoms with Crippen molar-refractivity contribution in [2.45, 2.75) is 51.2 Å². The molecular formula is C14H21NO3S. The molecule has 1 atom stereocenters. The maximum Gasteiger partial charge on any atom is 0.150 e. The van der Waals surface area contributed by atoms with E-state index in [4.69, 9.17) is 0 Å². The highest BCUT2D eigenvalue weighted by Crippen LogP contribution is 2.36.